The molecule has 0 aliphatic heterocycles. The van der Waals surface area contributed by atoms with Crippen LogP contribution in [0.4, 0.5) is 0 Å². The highest BCUT2D eigenvalue weighted by atomic mass is 16.5. The van der Waals surface area contributed by atoms with E-state index in [2.05, 4.69) is 19.2 Å². The maximum Gasteiger partial charge on any atom is 0.0494 e. The average molecular weight is 185 g/mol. The van der Waals surface area contributed by atoms with Gasteiger partial charge in [0, 0.05) is 19.3 Å². The number of hydrogen-bond acceptors (Lipinski definition) is 2. The molecule has 1 N–H and O–H groups in total. The van der Waals surface area contributed by atoms with Crippen molar-refractivity contribution in [1.82, 2.24) is 5.32 Å². The molecule has 0 saturated heterocycles. The predicted molar refractivity (Wildman–Crippen MR) is 55.9 cm³/mol. The van der Waals surface area contributed by atoms with E-state index in [1.54, 1.807) is 0 Å². The maximum absolute atomic E-state index is 5.54. The molecule has 2 nitrogen and oxygen atoms in total. The fraction of sp³-hybridized carbons (Fsp3) is 1.00. The van der Waals surface area contributed by atoms with E-state index < -0.39 is 0 Å². The molecule has 2 heteroatoms. The van der Waals surface area contributed by atoms with Gasteiger partial charge in [-0.1, -0.05) is 13.8 Å². The Morgan fingerprint density at radius 2 is 2.08 bits per heavy atom. The first-order chi connectivity index (χ1) is 6.29. The van der Waals surface area contributed by atoms with Crippen LogP contribution in [0.5, 0.6) is 0 Å². The molecule has 0 aromatic heterocycles. The van der Waals surface area contributed by atoms with Gasteiger partial charge in [0.05, 0.1) is 0 Å². The van der Waals surface area contributed by atoms with Gasteiger partial charge in [0.15, 0.2) is 0 Å². The number of rotatable bonds is 8. The van der Waals surface area contributed by atoms with Crippen LogP contribution in [0.25, 0.3) is 0 Å². The van der Waals surface area contributed by atoms with Crippen molar-refractivity contribution in [1.29, 1.82) is 0 Å². The monoisotopic (exact) mass is 185 g/mol. The van der Waals surface area contributed by atoms with Crippen molar-refractivity contribution in [3.63, 3.8) is 0 Å². The Balaban J connectivity index is 1.68. The van der Waals surface area contributed by atoms with Crippen LogP contribution < -0.4 is 5.32 Å². The highest BCUT2D eigenvalue weighted by molar-refractivity contribution is 4.71. The summed E-state index contributed by atoms with van der Waals surface area (Å²) in [4.78, 5) is 0. The Morgan fingerprint density at radius 3 is 2.69 bits per heavy atom. The molecule has 0 atom stereocenters. The lowest BCUT2D eigenvalue weighted by atomic mass is 10.3. The molecule has 0 unspecified atom stereocenters. The van der Waals surface area contributed by atoms with Gasteiger partial charge in [-0.15, -0.1) is 0 Å². The van der Waals surface area contributed by atoms with Gasteiger partial charge < -0.3 is 10.1 Å². The topological polar surface area (TPSA) is 21.3 Å². The second-order valence-electron chi connectivity index (χ2n) is 4.33. The predicted octanol–water partition coefficient (Wildman–Crippen LogP) is 2.19. The standard InChI is InChI=1S/C11H23NO/c1-10(2)12-7-3-4-8-13-9-11-5-6-11/h10-12H,3-9H2,1-2H3. The summed E-state index contributed by atoms with van der Waals surface area (Å²) < 4.78 is 5.54. The lowest BCUT2D eigenvalue weighted by Gasteiger charge is -2.07. The Bertz CT molecular complexity index is 115. The van der Waals surface area contributed by atoms with Crippen molar-refractivity contribution in [3.8, 4) is 0 Å². The van der Waals surface area contributed by atoms with Crippen LogP contribution in [0.1, 0.15) is 39.5 Å². The quantitative estimate of drug-likeness (QED) is 0.585. The van der Waals surface area contributed by atoms with Gasteiger partial charge in [0.25, 0.3) is 0 Å². The highest BCUT2D eigenvalue weighted by Gasteiger charge is 2.20. The normalized spacial score (nSPS) is 16.8. The molecule has 1 fully saturated rings. The number of unbranched alkanes of at least 4 members (excludes halogenated alkanes) is 1. The highest BCUT2D eigenvalue weighted by Crippen LogP contribution is 2.28. The minimum atomic E-state index is 0.618. The van der Waals surface area contributed by atoms with E-state index in [4.69, 9.17) is 4.74 Å². The van der Waals surface area contributed by atoms with Gasteiger partial charge in [-0.25, -0.2) is 0 Å². The molecule has 1 aliphatic carbocycles. The van der Waals surface area contributed by atoms with Crippen LogP contribution in [-0.4, -0.2) is 25.8 Å². The van der Waals surface area contributed by atoms with Crippen molar-refractivity contribution in [2.75, 3.05) is 19.8 Å². The van der Waals surface area contributed by atoms with E-state index in [0.29, 0.717) is 6.04 Å². The summed E-state index contributed by atoms with van der Waals surface area (Å²) in [6.07, 6.45) is 5.24. The molecular formula is C11H23NO. The smallest absolute Gasteiger partial charge is 0.0494 e. The van der Waals surface area contributed by atoms with Gasteiger partial charge in [0.1, 0.15) is 0 Å². The Kier molecular flexibility index (Phi) is 5.40. The first-order valence-corrected chi connectivity index (χ1v) is 5.60. The van der Waals surface area contributed by atoms with Crippen molar-refractivity contribution >= 4 is 0 Å². The van der Waals surface area contributed by atoms with Crippen LogP contribution in [0.3, 0.4) is 0 Å². The summed E-state index contributed by atoms with van der Waals surface area (Å²) >= 11 is 0. The third kappa shape index (κ3) is 7.03. The number of ether oxygens (including phenoxy) is 1. The molecule has 13 heavy (non-hydrogen) atoms. The number of hydrogen-bond donors (Lipinski definition) is 1. The summed E-state index contributed by atoms with van der Waals surface area (Å²) in [5.41, 5.74) is 0. The van der Waals surface area contributed by atoms with Crippen LogP contribution in [0.15, 0.2) is 0 Å². The van der Waals surface area contributed by atoms with E-state index in [9.17, 15) is 0 Å². The average Bonchev–Trinajstić information content (AvgIpc) is 2.86. The first kappa shape index (κ1) is 11.0. The van der Waals surface area contributed by atoms with Crippen molar-refractivity contribution in [2.45, 2.75) is 45.6 Å². The van der Waals surface area contributed by atoms with Gasteiger partial charge in [-0.3, -0.25) is 0 Å². The van der Waals surface area contributed by atoms with Crippen molar-refractivity contribution < 1.29 is 4.74 Å². The lowest BCUT2D eigenvalue weighted by molar-refractivity contribution is 0.120. The first-order valence-electron chi connectivity index (χ1n) is 5.60. The van der Waals surface area contributed by atoms with Crippen LogP contribution >= 0.6 is 0 Å². The summed E-state index contributed by atoms with van der Waals surface area (Å²) in [5, 5.41) is 3.40. The zero-order chi connectivity index (χ0) is 9.52. The largest absolute Gasteiger partial charge is 0.381 e. The molecule has 0 amide bonds. The van der Waals surface area contributed by atoms with E-state index in [1.165, 1.54) is 25.7 Å². The van der Waals surface area contributed by atoms with Crippen LogP contribution in [0, 0.1) is 5.92 Å². The van der Waals surface area contributed by atoms with Gasteiger partial charge in [-0.2, -0.15) is 0 Å². The third-order valence-corrected chi connectivity index (χ3v) is 2.32. The maximum atomic E-state index is 5.54. The number of nitrogens with one attached hydrogen (secondary N) is 1. The zero-order valence-electron chi connectivity index (χ0n) is 9.01. The molecule has 0 aromatic carbocycles. The Morgan fingerprint density at radius 1 is 1.31 bits per heavy atom. The summed E-state index contributed by atoms with van der Waals surface area (Å²) in [5.74, 6) is 0.911. The molecule has 0 radical (unpaired) electrons. The molecule has 78 valence electrons. The molecule has 1 saturated carbocycles. The van der Waals surface area contributed by atoms with Gasteiger partial charge in [-0.05, 0) is 38.1 Å². The Labute approximate surface area is 82.0 Å². The minimum Gasteiger partial charge on any atom is -0.381 e. The van der Waals surface area contributed by atoms with E-state index >= 15 is 0 Å². The SMILES string of the molecule is CC(C)NCCCCOCC1CC1. The fourth-order valence-electron chi connectivity index (χ4n) is 1.25. The van der Waals surface area contributed by atoms with E-state index in [-0.39, 0.29) is 0 Å². The van der Waals surface area contributed by atoms with E-state index in [1.807, 2.05) is 0 Å². The zero-order valence-corrected chi connectivity index (χ0v) is 9.01. The summed E-state index contributed by atoms with van der Waals surface area (Å²) in [6.45, 7) is 7.46. The van der Waals surface area contributed by atoms with Crippen LogP contribution in [-0.2, 0) is 4.74 Å². The summed E-state index contributed by atoms with van der Waals surface area (Å²) in [7, 11) is 0. The second kappa shape index (κ2) is 6.39. The fourth-order valence-corrected chi connectivity index (χ4v) is 1.25. The van der Waals surface area contributed by atoms with Gasteiger partial charge in [0.2, 0.25) is 0 Å². The second-order valence-corrected chi connectivity index (χ2v) is 4.33. The molecule has 1 rings (SSSR count). The lowest BCUT2D eigenvalue weighted by Crippen LogP contribution is -2.23. The van der Waals surface area contributed by atoms with Crippen LogP contribution in [0.2, 0.25) is 0 Å². The van der Waals surface area contributed by atoms with E-state index in [0.717, 1.165) is 25.7 Å². The van der Waals surface area contributed by atoms with Crippen molar-refractivity contribution in [2.24, 2.45) is 5.92 Å². The van der Waals surface area contributed by atoms with Gasteiger partial charge >= 0.3 is 0 Å². The molecule has 0 aromatic rings. The molecule has 1 aliphatic rings. The minimum absolute atomic E-state index is 0.618. The molecule has 0 bridgehead atoms. The molecule has 0 spiro atoms. The third-order valence-electron chi connectivity index (χ3n) is 2.32. The van der Waals surface area contributed by atoms with Crippen molar-refractivity contribution in [3.05, 3.63) is 0 Å². The Hall–Kier alpha value is -0.0800. The summed E-state index contributed by atoms with van der Waals surface area (Å²) in [6, 6.07) is 0.618. The molecule has 0 heterocycles. The molecular weight excluding hydrogens is 162 g/mol.